The fraction of sp³-hybridized carbons (Fsp3) is 0.273. The van der Waals surface area contributed by atoms with Gasteiger partial charge in [0.15, 0.2) is 0 Å². The van der Waals surface area contributed by atoms with E-state index in [-0.39, 0.29) is 0 Å². The summed E-state index contributed by atoms with van der Waals surface area (Å²) in [5.74, 6) is 0.521. The second-order valence-corrected chi connectivity index (χ2v) is 5.29. The summed E-state index contributed by atoms with van der Waals surface area (Å²) in [6, 6.07) is 5.04. The molecule has 2 rings (SSSR count). The third kappa shape index (κ3) is 3.55. The molecule has 0 aliphatic carbocycles. The van der Waals surface area contributed by atoms with Crippen molar-refractivity contribution in [3.8, 4) is 10.9 Å². The molecule has 2 aromatic rings. The molecule has 0 aliphatic rings. The number of ether oxygens (including phenoxy) is 1. The summed E-state index contributed by atoms with van der Waals surface area (Å²) in [5.41, 5.74) is 0. The molecule has 18 heavy (non-hydrogen) atoms. The van der Waals surface area contributed by atoms with Crippen molar-refractivity contribution < 1.29 is 4.74 Å². The first-order chi connectivity index (χ1) is 8.69. The Labute approximate surface area is 119 Å². The van der Waals surface area contributed by atoms with E-state index in [2.05, 4.69) is 15.5 Å². The van der Waals surface area contributed by atoms with Crippen LogP contribution in [-0.2, 0) is 6.54 Å². The van der Waals surface area contributed by atoms with E-state index in [1.807, 2.05) is 6.92 Å². The molecular formula is C11H11Cl2N3OS. The first kappa shape index (κ1) is 13.5. The van der Waals surface area contributed by atoms with Crippen molar-refractivity contribution in [2.45, 2.75) is 13.5 Å². The minimum Gasteiger partial charge on any atom is -0.428 e. The van der Waals surface area contributed by atoms with E-state index >= 15 is 0 Å². The van der Waals surface area contributed by atoms with Gasteiger partial charge in [-0.15, -0.1) is 5.10 Å². The molecule has 1 aromatic heterocycles. The molecule has 1 N–H and O–H groups in total. The maximum atomic E-state index is 6.00. The van der Waals surface area contributed by atoms with Crippen LogP contribution in [0.4, 0.5) is 0 Å². The van der Waals surface area contributed by atoms with Crippen LogP contribution in [0.5, 0.6) is 10.9 Å². The molecule has 0 radical (unpaired) electrons. The topological polar surface area (TPSA) is 47.0 Å². The van der Waals surface area contributed by atoms with E-state index in [9.17, 15) is 0 Å². The Morgan fingerprint density at radius 3 is 2.89 bits per heavy atom. The van der Waals surface area contributed by atoms with Gasteiger partial charge in [-0.2, -0.15) is 0 Å². The molecule has 0 fully saturated rings. The van der Waals surface area contributed by atoms with E-state index in [4.69, 9.17) is 27.9 Å². The Morgan fingerprint density at radius 1 is 1.33 bits per heavy atom. The molecule has 0 bridgehead atoms. The first-order valence-corrected chi connectivity index (χ1v) is 6.92. The summed E-state index contributed by atoms with van der Waals surface area (Å²) in [4.78, 5) is 0. The molecule has 0 amide bonds. The van der Waals surface area contributed by atoms with Crippen molar-refractivity contribution in [1.82, 2.24) is 15.5 Å². The summed E-state index contributed by atoms with van der Waals surface area (Å²) in [5, 5.41) is 13.5. The Hall–Kier alpha value is -0.880. The van der Waals surface area contributed by atoms with E-state index in [0.29, 0.717) is 27.5 Å². The molecule has 0 unspecified atom stereocenters. The van der Waals surface area contributed by atoms with Gasteiger partial charge in [0, 0.05) is 11.6 Å². The summed E-state index contributed by atoms with van der Waals surface area (Å²) in [7, 11) is 0. The lowest BCUT2D eigenvalue weighted by Gasteiger charge is -2.03. The normalized spacial score (nSPS) is 10.6. The Morgan fingerprint density at radius 2 is 2.17 bits per heavy atom. The average Bonchev–Trinajstić information content (AvgIpc) is 2.78. The lowest BCUT2D eigenvalue weighted by Crippen LogP contribution is -2.11. The van der Waals surface area contributed by atoms with Crippen LogP contribution in [0.2, 0.25) is 10.0 Å². The third-order valence-corrected chi connectivity index (χ3v) is 3.40. The fourth-order valence-corrected chi connectivity index (χ4v) is 2.35. The zero-order valence-corrected chi connectivity index (χ0v) is 11.9. The van der Waals surface area contributed by atoms with E-state index in [1.54, 1.807) is 18.2 Å². The van der Waals surface area contributed by atoms with E-state index < -0.39 is 0 Å². The van der Waals surface area contributed by atoms with Crippen molar-refractivity contribution in [2.75, 3.05) is 6.54 Å². The summed E-state index contributed by atoms with van der Waals surface area (Å²) >= 11 is 13.2. The second-order valence-electron chi connectivity index (χ2n) is 3.42. The van der Waals surface area contributed by atoms with Gasteiger partial charge in [-0.3, -0.25) is 0 Å². The highest BCUT2D eigenvalue weighted by molar-refractivity contribution is 7.13. The lowest BCUT2D eigenvalue weighted by atomic mass is 10.3. The van der Waals surface area contributed by atoms with E-state index in [0.717, 1.165) is 11.6 Å². The number of hydrogen-bond donors (Lipinski definition) is 1. The quantitative estimate of drug-likeness (QED) is 0.914. The standard InChI is InChI=1S/C11H11Cl2N3OS/c1-2-14-6-10-15-16-11(18-10)17-9-4-3-7(12)5-8(9)13/h3-5,14H,2,6H2,1H3. The summed E-state index contributed by atoms with van der Waals surface area (Å²) in [6.07, 6.45) is 0. The van der Waals surface area contributed by atoms with Gasteiger partial charge in [-0.05, 0) is 24.7 Å². The summed E-state index contributed by atoms with van der Waals surface area (Å²) in [6.45, 7) is 3.61. The maximum Gasteiger partial charge on any atom is 0.299 e. The van der Waals surface area contributed by atoms with Crippen LogP contribution < -0.4 is 10.1 Å². The highest BCUT2D eigenvalue weighted by Crippen LogP contribution is 2.32. The van der Waals surface area contributed by atoms with Crippen LogP contribution in [-0.4, -0.2) is 16.7 Å². The zero-order chi connectivity index (χ0) is 13.0. The van der Waals surface area contributed by atoms with E-state index in [1.165, 1.54) is 11.3 Å². The minimum absolute atomic E-state index is 0.450. The van der Waals surface area contributed by atoms with Gasteiger partial charge in [-0.25, -0.2) is 0 Å². The monoisotopic (exact) mass is 303 g/mol. The van der Waals surface area contributed by atoms with Gasteiger partial charge < -0.3 is 10.1 Å². The molecule has 96 valence electrons. The summed E-state index contributed by atoms with van der Waals surface area (Å²) < 4.78 is 5.55. The van der Waals surface area contributed by atoms with Crippen molar-refractivity contribution in [3.63, 3.8) is 0 Å². The maximum absolute atomic E-state index is 6.00. The largest absolute Gasteiger partial charge is 0.428 e. The molecular weight excluding hydrogens is 293 g/mol. The number of nitrogens with one attached hydrogen (secondary N) is 1. The van der Waals surface area contributed by atoms with Crippen LogP contribution in [0.15, 0.2) is 18.2 Å². The van der Waals surface area contributed by atoms with Crippen molar-refractivity contribution in [2.24, 2.45) is 0 Å². The number of aromatic nitrogens is 2. The zero-order valence-electron chi connectivity index (χ0n) is 9.61. The second kappa shape index (κ2) is 6.33. The SMILES string of the molecule is CCNCc1nnc(Oc2ccc(Cl)cc2Cl)s1. The van der Waals surface area contributed by atoms with Crippen molar-refractivity contribution in [1.29, 1.82) is 0 Å². The number of halogens is 2. The Balaban J connectivity index is 2.06. The molecule has 0 aliphatic heterocycles. The molecule has 7 heteroatoms. The Bertz CT molecular complexity index is 533. The molecule has 0 saturated heterocycles. The first-order valence-electron chi connectivity index (χ1n) is 5.35. The number of nitrogens with zero attached hydrogens (tertiary/aromatic N) is 2. The lowest BCUT2D eigenvalue weighted by molar-refractivity contribution is 0.473. The molecule has 4 nitrogen and oxygen atoms in total. The Kier molecular flexibility index (Phi) is 4.77. The van der Waals surface area contributed by atoms with Crippen LogP contribution in [0, 0.1) is 0 Å². The van der Waals surface area contributed by atoms with Gasteiger partial charge in [0.25, 0.3) is 5.19 Å². The van der Waals surface area contributed by atoms with Crippen molar-refractivity contribution >= 4 is 34.5 Å². The number of benzene rings is 1. The predicted molar refractivity (Wildman–Crippen MR) is 73.8 cm³/mol. The molecule has 0 saturated carbocycles. The molecule has 1 aromatic carbocycles. The average molecular weight is 304 g/mol. The predicted octanol–water partition coefficient (Wildman–Crippen LogP) is 3.75. The van der Waals surface area contributed by atoms with Crippen LogP contribution in [0.3, 0.4) is 0 Å². The van der Waals surface area contributed by atoms with Gasteiger partial charge >= 0.3 is 0 Å². The number of rotatable bonds is 5. The number of hydrogen-bond acceptors (Lipinski definition) is 5. The van der Waals surface area contributed by atoms with Gasteiger partial charge in [0.1, 0.15) is 10.8 Å². The van der Waals surface area contributed by atoms with Crippen LogP contribution >= 0.6 is 34.5 Å². The van der Waals surface area contributed by atoms with Gasteiger partial charge in [-0.1, -0.05) is 46.6 Å². The van der Waals surface area contributed by atoms with Crippen LogP contribution in [0.1, 0.15) is 11.9 Å². The van der Waals surface area contributed by atoms with Crippen LogP contribution in [0.25, 0.3) is 0 Å². The fourth-order valence-electron chi connectivity index (χ4n) is 1.23. The van der Waals surface area contributed by atoms with Crippen molar-refractivity contribution in [3.05, 3.63) is 33.3 Å². The minimum atomic E-state index is 0.450. The smallest absolute Gasteiger partial charge is 0.299 e. The van der Waals surface area contributed by atoms with Gasteiger partial charge in [0.05, 0.1) is 5.02 Å². The highest BCUT2D eigenvalue weighted by atomic mass is 35.5. The molecule has 0 spiro atoms. The molecule has 1 heterocycles. The van der Waals surface area contributed by atoms with Gasteiger partial charge in [0.2, 0.25) is 0 Å². The third-order valence-electron chi connectivity index (χ3n) is 2.07. The highest BCUT2D eigenvalue weighted by Gasteiger charge is 2.08. The molecule has 0 atom stereocenters.